The monoisotopic (exact) mass is 281 g/mol. The molecule has 3 aromatic rings. The second-order valence-electron chi connectivity index (χ2n) is 4.78. The van der Waals surface area contributed by atoms with Crippen LogP contribution in [0.1, 0.15) is 16.2 Å². The van der Waals surface area contributed by atoms with Crippen LogP contribution in [0.5, 0.6) is 0 Å². The molecule has 1 amide bonds. The normalized spacial score (nSPS) is 10.7. The van der Waals surface area contributed by atoms with Crippen molar-refractivity contribution in [3.63, 3.8) is 0 Å². The molecule has 0 aliphatic carbocycles. The molecule has 0 unspecified atom stereocenters. The third-order valence-corrected chi connectivity index (χ3v) is 3.20. The number of hydrogen-bond donors (Lipinski definition) is 2. The number of anilines is 1. The van der Waals surface area contributed by atoms with Crippen LogP contribution in [0.3, 0.4) is 0 Å². The Morgan fingerprint density at radius 3 is 2.90 bits per heavy atom. The third kappa shape index (κ3) is 2.69. The average molecular weight is 281 g/mol. The Hall–Kier alpha value is -2.89. The van der Waals surface area contributed by atoms with E-state index in [9.17, 15) is 4.79 Å². The first-order chi connectivity index (χ1) is 10.1. The van der Waals surface area contributed by atoms with Gasteiger partial charge in [-0.25, -0.2) is 4.98 Å². The highest BCUT2D eigenvalue weighted by atomic mass is 16.1. The van der Waals surface area contributed by atoms with Crippen LogP contribution in [0.2, 0.25) is 0 Å². The van der Waals surface area contributed by atoms with Gasteiger partial charge in [0.25, 0.3) is 5.91 Å². The summed E-state index contributed by atoms with van der Waals surface area (Å²) in [7, 11) is 1.83. The van der Waals surface area contributed by atoms with Gasteiger partial charge in [-0.3, -0.25) is 9.48 Å². The first kappa shape index (κ1) is 13.1. The minimum atomic E-state index is -0.266. The minimum Gasteiger partial charge on any atom is -0.383 e. The zero-order valence-electron chi connectivity index (χ0n) is 11.6. The summed E-state index contributed by atoms with van der Waals surface area (Å²) >= 11 is 0. The highest BCUT2D eigenvalue weighted by Gasteiger charge is 2.11. The molecular weight excluding hydrogens is 266 g/mol. The number of aryl methyl sites for hydroxylation is 1. The number of nitrogens with one attached hydrogen (secondary N) is 1. The summed E-state index contributed by atoms with van der Waals surface area (Å²) in [6, 6.07) is 11.2. The van der Waals surface area contributed by atoms with Gasteiger partial charge in [-0.05, 0) is 17.5 Å². The number of nitrogens with zero attached hydrogens (tertiary/aromatic N) is 3. The van der Waals surface area contributed by atoms with Gasteiger partial charge in [0.2, 0.25) is 0 Å². The van der Waals surface area contributed by atoms with E-state index in [4.69, 9.17) is 5.73 Å². The van der Waals surface area contributed by atoms with Crippen molar-refractivity contribution in [2.45, 2.75) is 6.54 Å². The summed E-state index contributed by atoms with van der Waals surface area (Å²) < 4.78 is 1.69. The van der Waals surface area contributed by atoms with Crippen molar-refractivity contribution in [2.24, 2.45) is 7.05 Å². The first-order valence-electron chi connectivity index (χ1n) is 6.55. The molecule has 6 nitrogen and oxygen atoms in total. The third-order valence-electron chi connectivity index (χ3n) is 3.20. The lowest BCUT2D eigenvalue weighted by atomic mass is 10.1. The van der Waals surface area contributed by atoms with Crippen LogP contribution in [0.25, 0.3) is 10.8 Å². The lowest BCUT2D eigenvalue weighted by Crippen LogP contribution is -2.24. The summed E-state index contributed by atoms with van der Waals surface area (Å²) in [6.07, 6.45) is 1.83. The van der Waals surface area contributed by atoms with Gasteiger partial charge in [0.05, 0.1) is 12.2 Å². The molecule has 0 bridgehead atoms. The van der Waals surface area contributed by atoms with Crippen molar-refractivity contribution in [1.29, 1.82) is 0 Å². The number of nitrogens with two attached hydrogens (primary N) is 1. The van der Waals surface area contributed by atoms with E-state index in [2.05, 4.69) is 15.4 Å². The van der Waals surface area contributed by atoms with E-state index in [1.54, 1.807) is 10.7 Å². The molecule has 6 heteroatoms. The number of carbonyl (C=O) groups is 1. The maximum absolute atomic E-state index is 12.2. The van der Waals surface area contributed by atoms with E-state index in [0.717, 1.165) is 16.5 Å². The zero-order valence-corrected chi connectivity index (χ0v) is 11.6. The zero-order chi connectivity index (χ0) is 14.8. The Bertz CT molecular complexity index is 809. The van der Waals surface area contributed by atoms with Gasteiger partial charge >= 0.3 is 0 Å². The molecule has 2 heterocycles. The van der Waals surface area contributed by atoms with Gasteiger partial charge in [0, 0.05) is 18.6 Å². The lowest BCUT2D eigenvalue weighted by Gasteiger charge is -2.06. The molecule has 1 aromatic carbocycles. The van der Waals surface area contributed by atoms with Crippen LogP contribution in [-0.2, 0) is 13.6 Å². The fourth-order valence-corrected chi connectivity index (χ4v) is 2.16. The fraction of sp³-hybridized carbons (Fsp3) is 0.133. The standard InChI is InChI=1S/C15H15N5O/c1-20-7-6-11(19-20)9-17-15(21)13-8-10-4-2-3-5-12(10)14(16)18-13/h2-8H,9H2,1H3,(H2,16,18)(H,17,21). The molecule has 2 aromatic heterocycles. The fourth-order valence-electron chi connectivity index (χ4n) is 2.16. The Labute approximate surface area is 121 Å². The first-order valence-corrected chi connectivity index (χ1v) is 6.55. The van der Waals surface area contributed by atoms with Gasteiger partial charge in [0.15, 0.2) is 0 Å². The van der Waals surface area contributed by atoms with Gasteiger partial charge in [-0.1, -0.05) is 24.3 Å². The Morgan fingerprint density at radius 2 is 2.14 bits per heavy atom. The molecule has 3 N–H and O–H groups in total. The van der Waals surface area contributed by atoms with E-state index < -0.39 is 0 Å². The highest BCUT2D eigenvalue weighted by molar-refractivity contribution is 5.99. The number of nitrogen functional groups attached to an aromatic ring is 1. The van der Waals surface area contributed by atoms with E-state index in [1.807, 2.05) is 43.6 Å². The van der Waals surface area contributed by atoms with Crippen LogP contribution < -0.4 is 11.1 Å². The number of hydrogen-bond acceptors (Lipinski definition) is 4. The number of aromatic nitrogens is 3. The number of fused-ring (bicyclic) bond motifs is 1. The molecule has 21 heavy (non-hydrogen) atoms. The van der Waals surface area contributed by atoms with Gasteiger partial charge in [0.1, 0.15) is 11.5 Å². The van der Waals surface area contributed by atoms with E-state index in [0.29, 0.717) is 18.1 Å². The summed E-state index contributed by atoms with van der Waals surface area (Å²) in [6.45, 7) is 0.355. The second-order valence-corrected chi connectivity index (χ2v) is 4.78. The summed E-state index contributed by atoms with van der Waals surface area (Å²) in [4.78, 5) is 16.3. The molecule has 0 saturated carbocycles. The summed E-state index contributed by atoms with van der Waals surface area (Å²) in [5, 5.41) is 8.73. The van der Waals surface area contributed by atoms with Crippen molar-refractivity contribution in [3.05, 3.63) is 54.0 Å². The van der Waals surface area contributed by atoms with Crippen molar-refractivity contribution in [3.8, 4) is 0 Å². The Balaban J connectivity index is 1.81. The number of carbonyl (C=O) groups excluding carboxylic acids is 1. The maximum atomic E-state index is 12.2. The predicted octanol–water partition coefficient (Wildman–Crippen LogP) is 1.48. The van der Waals surface area contributed by atoms with Crippen LogP contribution in [0.15, 0.2) is 42.6 Å². The lowest BCUT2D eigenvalue weighted by molar-refractivity contribution is 0.0945. The molecule has 0 spiro atoms. The van der Waals surface area contributed by atoms with Crippen molar-refractivity contribution < 1.29 is 4.79 Å². The van der Waals surface area contributed by atoms with Crippen molar-refractivity contribution in [1.82, 2.24) is 20.1 Å². The van der Waals surface area contributed by atoms with Gasteiger partial charge in [-0.15, -0.1) is 0 Å². The predicted molar refractivity (Wildman–Crippen MR) is 80.5 cm³/mol. The molecule has 0 atom stereocenters. The quantitative estimate of drug-likeness (QED) is 0.761. The largest absolute Gasteiger partial charge is 0.383 e. The highest BCUT2D eigenvalue weighted by Crippen LogP contribution is 2.19. The number of amides is 1. The van der Waals surface area contributed by atoms with Gasteiger partial charge in [-0.2, -0.15) is 5.10 Å². The van der Waals surface area contributed by atoms with Crippen molar-refractivity contribution in [2.75, 3.05) is 5.73 Å². The molecular formula is C15H15N5O. The molecule has 0 radical (unpaired) electrons. The molecule has 3 rings (SSSR count). The summed E-state index contributed by atoms with van der Waals surface area (Å²) in [5.41, 5.74) is 7.00. The number of benzene rings is 1. The van der Waals surface area contributed by atoms with E-state index >= 15 is 0 Å². The number of rotatable bonds is 3. The molecule has 0 saturated heterocycles. The maximum Gasteiger partial charge on any atom is 0.270 e. The average Bonchev–Trinajstić information content (AvgIpc) is 2.90. The topological polar surface area (TPSA) is 85.8 Å². The number of pyridine rings is 1. The second kappa shape index (κ2) is 5.24. The van der Waals surface area contributed by atoms with Crippen LogP contribution in [0.4, 0.5) is 5.82 Å². The van der Waals surface area contributed by atoms with Crippen molar-refractivity contribution >= 4 is 22.5 Å². The molecule has 106 valence electrons. The Morgan fingerprint density at radius 1 is 1.33 bits per heavy atom. The minimum absolute atomic E-state index is 0.266. The van der Waals surface area contributed by atoms with Crippen LogP contribution >= 0.6 is 0 Å². The SMILES string of the molecule is Cn1ccc(CNC(=O)c2cc3ccccc3c(N)n2)n1. The van der Waals surface area contributed by atoms with Gasteiger partial charge < -0.3 is 11.1 Å². The van der Waals surface area contributed by atoms with Crippen LogP contribution in [0, 0.1) is 0 Å². The summed E-state index contributed by atoms with van der Waals surface area (Å²) in [5.74, 6) is 0.0918. The van der Waals surface area contributed by atoms with E-state index in [-0.39, 0.29) is 5.91 Å². The molecule has 0 fully saturated rings. The molecule has 0 aliphatic heterocycles. The molecule has 0 aliphatic rings. The van der Waals surface area contributed by atoms with E-state index in [1.165, 1.54) is 0 Å². The van der Waals surface area contributed by atoms with Crippen LogP contribution in [-0.4, -0.2) is 20.7 Å². The Kier molecular flexibility index (Phi) is 3.27. The smallest absolute Gasteiger partial charge is 0.270 e.